The lowest BCUT2D eigenvalue weighted by Crippen LogP contribution is -2.33. The summed E-state index contributed by atoms with van der Waals surface area (Å²) in [6, 6.07) is 4.46. The van der Waals surface area contributed by atoms with Crippen LogP contribution >= 0.6 is 23.2 Å². The minimum atomic E-state index is -0.631. The Kier molecular flexibility index (Phi) is 5.45. The van der Waals surface area contributed by atoms with E-state index in [1.165, 1.54) is 11.3 Å². The Morgan fingerprint density at radius 3 is 2.82 bits per heavy atom. The number of amides is 1. The summed E-state index contributed by atoms with van der Waals surface area (Å²) in [5.41, 5.74) is 1.15. The second-order valence-electron chi connectivity index (χ2n) is 4.74. The Morgan fingerprint density at radius 1 is 1.45 bits per heavy atom. The Morgan fingerprint density at radius 2 is 2.18 bits per heavy atom. The summed E-state index contributed by atoms with van der Waals surface area (Å²) in [5, 5.41) is 10.4. The second-order valence-corrected chi connectivity index (χ2v) is 5.52. The van der Waals surface area contributed by atoms with Crippen LogP contribution in [0.25, 0.3) is 0 Å². The largest absolute Gasteiger partial charge is 0.438 e. The van der Waals surface area contributed by atoms with E-state index in [0.29, 0.717) is 27.7 Å². The van der Waals surface area contributed by atoms with Gasteiger partial charge in [0.05, 0.1) is 28.4 Å². The molecule has 0 radical (unpaired) electrons. The summed E-state index contributed by atoms with van der Waals surface area (Å²) in [4.78, 5) is 17.9. The van der Waals surface area contributed by atoms with E-state index in [1.54, 1.807) is 25.2 Å². The molecule has 0 aliphatic carbocycles. The molecule has 1 amide bonds. The van der Waals surface area contributed by atoms with E-state index >= 15 is 0 Å². The third-order valence-corrected chi connectivity index (χ3v) is 4.31. The lowest BCUT2D eigenvalue weighted by Gasteiger charge is -2.27. The van der Waals surface area contributed by atoms with E-state index in [2.05, 4.69) is 4.98 Å². The first kappa shape index (κ1) is 16.8. The van der Waals surface area contributed by atoms with Gasteiger partial charge in [-0.3, -0.25) is 4.79 Å². The van der Waals surface area contributed by atoms with Crippen molar-refractivity contribution in [2.75, 3.05) is 13.7 Å². The van der Waals surface area contributed by atoms with Crippen LogP contribution in [0.15, 0.2) is 29.0 Å². The predicted molar refractivity (Wildman–Crippen MR) is 84.3 cm³/mol. The zero-order valence-electron chi connectivity index (χ0n) is 12.2. The number of carbonyl (C=O) groups excluding carboxylic acids is 1. The van der Waals surface area contributed by atoms with Crippen LogP contribution in [0.3, 0.4) is 0 Å². The standard InChI is InChI=1S/C15H16Cl2N2O3/c1-3-11-14(22-8-18-11)15(21)19(2)12(7-20)9-5-4-6-10(16)13(9)17/h4-6,8,12,20H,3,7H2,1-2H3. The van der Waals surface area contributed by atoms with Crippen LogP contribution in [0.4, 0.5) is 0 Å². The highest BCUT2D eigenvalue weighted by Gasteiger charge is 2.28. The number of aryl methyl sites for hydroxylation is 1. The number of hydrogen-bond donors (Lipinski definition) is 1. The summed E-state index contributed by atoms with van der Waals surface area (Å²) in [6.45, 7) is 1.59. The molecule has 0 aliphatic rings. The summed E-state index contributed by atoms with van der Waals surface area (Å²) < 4.78 is 5.18. The maximum absolute atomic E-state index is 12.6. The van der Waals surface area contributed by atoms with Crippen molar-refractivity contribution in [1.82, 2.24) is 9.88 Å². The van der Waals surface area contributed by atoms with Crippen molar-refractivity contribution in [3.05, 3.63) is 51.7 Å². The van der Waals surface area contributed by atoms with Crippen molar-refractivity contribution < 1.29 is 14.3 Å². The molecule has 0 bridgehead atoms. The lowest BCUT2D eigenvalue weighted by atomic mass is 10.1. The summed E-state index contributed by atoms with van der Waals surface area (Å²) in [7, 11) is 1.57. The van der Waals surface area contributed by atoms with Crippen molar-refractivity contribution in [1.29, 1.82) is 0 Å². The lowest BCUT2D eigenvalue weighted by molar-refractivity contribution is 0.0626. The van der Waals surface area contributed by atoms with Gasteiger partial charge in [-0.05, 0) is 18.1 Å². The fourth-order valence-corrected chi connectivity index (χ4v) is 2.64. The minimum Gasteiger partial charge on any atom is -0.438 e. The van der Waals surface area contributed by atoms with Gasteiger partial charge in [0.2, 0.25) is 5.76 Å². The highest BCUT2D eigenvalue weighted by Crippen LogP contribution is 2.32. The number of oxazole rings is 1. The second kappa shape index (κ2) is 7.13. The van der Waals surface area contributed by atoms with Crippen LogP contribution in [0, 0.1) is 0 Å². The highest BCUT2D eigenvalue weighted by atomic mass is 35.5. The van der Waals surface area contributed by atoms with E-state index in [0.717, 1.165) is 0 Å². The Hall–Kier alpha value is -1.56. The minimum absolute atomic E-state index is 0.168. The molecule has 0 aliphatic heterocycles. The number of benzene rings is 1. The number of nitrogens with zero attached hydrogens (tertiary/aromatic N) is 2. The first-order valence-electron chi connectivity index (χ1n) is 6.75. The maximum atomic E-state index is 12.6. The van der Waals surface area contributed by atoms with Gasteiger partial charge in [-0.2, -0.15) is 0 Å². The van der Waals surface area contributed by atoms with Gasteiger partial charge in [-0.15, -0.1) is 0 Å². The molecule has 22 heavy (non-hydrogen) atoms. The molecule has 0 spiro atoms. The van der Waals surface area contributed by atoms with Crippen LogP contribution in [0.5, 0.6) is 0 Å². The third-order valence-electron chi connectivity index (χ3n) is 3.47. The molecule has 0 fully saturated rings. The number of aromatic nitrogens is 1. The molecule has 7 heteroatoms. The molecule has 2 rings (SSSR count). The fourth-order valence-electron chi connectivity index (χ4n) is 2.20. The molecular formula is C15H16Cl2N2O3. The molecular weight excluding hydrogens is 327 g/mol. The molecule has 1 aromatic carbocycles. The van der Waals surface area contributed by atoms with Crippen molar-refractivity contribution in [3.8, 4) is 0 Å². The SMILES string of the molecule is CCc1ncoc1C(=O)N(C)C(CO)c1cccc(Cl)c1Cl. The quantitative estimate of drug-likeness (QED) is 0.904. The van der Waals surface area contributed by atoms with Gasteiger partial charge < -0.3 is 14.4 Å². The number of aliphatic hydroxyl groups excluding tert-OH is 1. The monoisotopic (exact) mass is 342 g/mol. The number of halogens is 2. The fraction of sp³-hybridized carbons (Fsp3) is 0.333. The van der Waals surface area contributed by atoms with Crippen molar-refractivity contribution in [3.63, 3.8) is 0 Å². The number of likely N-dealkylation sites (N-methyl/N-ethyl adjacent to an activating group) is 1. The normalized spacial score (nSPS) is 12.2. The Bertz CT molecular complexity index is 673. The topological polar surface area (TPSA) is 66.6 Å². The zero-order chi connectivity index (χ0) is 16.3. The van der Waals surface area contributed by atoms with E-state index in [-0.39, 0.29) is 18.3 Å². The number of aliphatic hydroxyl groups is 1. The number of rotatable bonds is 5. The van der Waals surface area contributed by atoms with Gasteiger partial charge in [0.15, 0.2) is 6.39 Å². The Balaban J connectivity index is 2.35. The first-order valence-corrected chi connectivity index (χ1v) is 7.51. The van der Waals surface area contributed by atoms with Crippen LogP contribution in [-0.4, -0.2) is 34.6 Å². The molecule has 5 nitrogen and oxygen atoms in total. The molecule has 1 atom stereocenters. The van der Waals surface area contributed by atoms with Crippen molar-refractivity contribution in [2.45, 2.75) is 19.4 Å². The van der Waals surface area contributed by atoms with E-state index in [1.807, 2.05) is 6.92 Å². The van der Waals surface area contributed by atoms with Crippen LogP contribution in [0.1, 0.15) is 34.8 Å². The summed E-state index contributed by atoms with van der Waals surface area (Å²) in [6.07, 6.45) is 1.81. The van der Waals surface area contributed by atoms with Crippen molar-refractivity contribution in [2.24, 2.45) is 0 Å². The number of hydrogen-bond acceptors (Lipinski definition) is 4. The molecule has 1 aromatic heterocycles. The van der Waals surface area contributed by atoms with Gasteiger partial charge in [0, 0.05) is 7.05 Å². The molecule has 0 saturated carbocycles. The summed E-state index contributed by atoms with van der Waals surface area (Å²) in [5.74, 6) is -0.203. The zero-order valence-corrected chi connectivity index (χ0v) is 13.7. The molecule has 1 N–H and O–H groups in total. The van der Waals surface area contributed by atoms with Crippen LogP contribution in [0.2, 0.25) is 10.0 Å². The van der Waals surface area contributed by atoms with Gasteiger partial charge >= 0.3 is 0 Å². The molecule has 1 heterocycles. The average Bonchev–Trinajstić information content (AvgIpc) is 2.99. The van der Waals surface area contributed by atoms with Gasteiger partial charge in [0.1, 0.15) is 0 Å². The maximum Gasteiger partial charge on any atom is 0.291 e. The van der Waals surface area contributed by atoms with E-state index in [9.17, 15) is 9.90 Å². The smallest absolute Gasteiger partial charge is 0.291 e. The van der Waals surface area contributed by atoms with Crippen LogP contribution < -0.4 is 0 Å². The van der Waals surface area contributed by atoms with E-state index in [4.69, 9.17) is 27.6 Å². The molecule has 0 saturated heterocycles. The van der Waals surface area contributed by atoms with Gasteiger partial charge in [-0.1, -0.05) is 42.3 Å². The predicted octanol–water partition coefficient (Wildman–Crippen LogP) is 3.35. The van der Waals surface area contributed by atoms with Gasteiger partial charge in [-0.25, -0.2) is 4.98 Å². The van der Waals surface area contributed by atoms with E-state index < -0.39 is 6.04 Å². The molecule has 2 aromatic rings. The molecule has 1 unspecified atom stereocenters. The van der Waals surface area contributed by atoms with Gasteiger partial charge in [0.25, 0.3) is 5.91 Å². The van der Waals surface area contributed by atoms with Crippen LogP contribution in [-0.2, 0) is 6.42 Å². The first-order chi connectivity index (χ1) is 10.5. The third kappa shape index (κ3) is 3.11. The summed E-state index contributed by atoms with van der Waals surface area (Å²) >= 11 is 12.2. The molecule has 118 valence electrons. The Labute approximate surface area is 138 Å². The number of carbonyl (C=O) groups is 1. The average molecular weight is 343 g/mol. The van der Waals surface area contributed by atoms with Crippen molar-refractivity contribution >= 4 is 29.1 Å². The highest BCUT2D eigenvalue weighted by molar-refractivity contribution is 6.42.